The largest absolute Gasteiger partial charge is 0.347 e. The summed E-state index contributed by atoms with van der Waals surface area (Å²) in [5.41, 5.74) is -0.638. The Balaban J connectivity index is 0. The van der Waals surface area contributed by atoms with Gasteiger partial charge in [-0.15, -0.1) is 0 Å². The van der Waals surface area contributed by atoms with Crippen LogP contribution in [0.25, 0.3) is 0 Å². The van der Waals surface area contributed by atoms with Crippen LogP contribution in [0.1, 0.15) is 138 Å². The van der Waals surface area contributed by atoms with Crippen LogP contribution >= 0.6 is 40.5 Å². The molecule has 2 heterocycles. The van der Waals surface area contributed by atoms with Crippen LogP contribution < -0.4 is 21.3 Å². The van der Waals surface area contributed by atoms with Gasteiger partial charge in [-0.2, -0.15) is 40.5 Å². The van der Waals surface area contributed by atoms with Crippen molar-refractivity contribution in [2.24, 2.45) is 23.2 Å². The first-order chi connectivity index (χ1) is 23.4. The lowest BCUT2D eigenvalue weighted by atomic mass is 9.82. The number of aromatic nitrogens is 2. The molecular formula is C39H71N7O6S3. The number of nitrogens with zero attached hydrogens (tertiary/aromatic N) is 3. The Morgan fingerprint density at radius 2 is 1.49 bits per heavy atom. The van der Waals surface area contributed by atoms with Gasteiger partial charge in [0.25, 0.3) is 11.8 Å². The molecule has 316 valence electrons. The topological polar surface area (TPSA) is 180 Å². The highest BCUT2D eigenvalue weighted by molar-refractivity contribution is 7.59. The fraction of sp³-hybridized carbons (Fsp3) is 0.744. The summed E-state index contributed by atoms with van der Waals surface area (Å²) in [4.78, 5) is 91.4. The minimum absolute atomic E-state index is 0. The van der Waals surface area contributed by atoms with E-state index in [0.717, 1.165) is 64.2 Å². The zero-order valence-electron chi connectivity index (χ0n) is 30.8. The van der Waals surface area contributed by atoms with Crippen LogP contribution in [0.4, 0.5) is 0 Å². The second-order valence-corrected chi connectivity index (χ2v) is 15.5. The zero-order chi connectivity index (χ0) is 35.3. The standard InChI is InChI=1S/C36H53N7O6.3CH4.3H2S/c1-5-10-25(29(44)34(48)39-23-15-16-23)40-33(47)28-24-14-9-13-22(24)20-43(28)35(49)30(36(2,3)4)42-32(46)27(21-11-7-6-8-12-21)41-31(45)26-19-37-17-18-38-26;;;;;;/h17-19,21-25,27-28,30H,5-16,20H2,1-4H3,(H,39,48)(H,40,47)(H,41,45)(H,42,46);3*1H4;3*1H2/t22-,24-,25-,27+,28+,30+;;;;;;/m0....../s1. The summed E-state index contributed by atoms with van der Waals surface area (Å²) < 4.78 is 0. The number of carbonyl (C=O) groups excluding carboxylic acids is 6. The molecule has 3 aliphatic carbocycles. The van der Waals surface area contributed by atoms with Crippen molar-refractivity contribution in [1.29, 1.82) is 0 Å². The molecule has 5 amide bonds. The van der Waals surface area contributed by atoms with Gasteiger partial charge in [-0.3, -0.25) is 33.8 Å². The van der Waals surface area contributed by atoms with Crippen molar-refractivity contribution in [2.75, 3.05) is 6.54 Å². The first-order valence-corrected chi connectivity index (χ1v) is 18.2. The number of ketones is 1. The van der Waals surface area contributed by atoms with Crippen molar-refractivity contribution in [3.63, 3.8) is 0 Å². The predicted octanol–water partition coefficient (Wildman–Crippen LogP) is 4.69. The van der Waals surface area contributed by atoms with Gasteiger partial charge in [0.05, 0.1) is 12.2 Å². The minimum atomic E-state index is -0.994. The molecule has 0 radical (unpaired) electrons. The summed E-state index contributed by atoms with van der Waals surface area (Å²) in [6.45, 7) is 7.85. The summed E-state index contributed by atoms with van der Waals surface area (Å²) in [5, 5.41) is 11.5. The lowest BCUT2D eigenvalue weighted by Crippen LogP contribution is -2.62. The number of hydrogen-bond acceptors (Lipinski definition) is 8. The fourth-order valence-electron chi connectivity index (χ4n) is 7.87. The Labute approximate surface area is 350 Å². The molecular weight excluding hydrogens is 759 g/mol. The minimum Gasteiger partial charge on any atom is -0.347 e. The molecule has 4 aliphatic rings. The summed E-state index contributed by atoms with van der Waals surface area (Å²) >= 11 is 0. The van der Waals surface area contributed by atoms with Crippen molar-refractivity contribution in [1.82, 2.24) is 36.1 Å². The monoisotopic (exact) mass is 829 g/mol. The average Bonchev–Trinajstić information content (AvgIpc) is 3.65. The third-order valence-corrected chi connectivity index (χ3v) is 10.7. The first kappa shape index (κ1) is 54.3. The van der Waals surface area contributed by atoms with Crippen LogP contribution in [0.15, 0.2) is 18.6 Å². The molecule has 0 aromatic carbocycles. The summed E-state index contributed by atoms with van der Waals surface area (Å²) in [5.74, 6) is -3.20. The van der Waals surface area contributed by atoms with Crippen LogP contribution in [-0.4, -0.2) is 86.9 Å². The second-order valence-electron chi connectivity index (χ2n) is 15.5. The fourth-order valence-corrected chi connectivity index (χ4v) is 7.87. The van der Waals surface area contributed by atoms with E-state index in [9.17, 15) is 28.8 Å². The van der Waals surface area contributed by atoms with Crippen LogP contribution in [0.3, 0.4) is 0 Å². The molecule has 3 saturated carbocycles. The molecule has 1 aliphatic heterocycles. The first-order valence-electron chi connectivity index (χ1n) is 18.2. The van der Waals surface area contributed by atoms with E-state index in [0.29, 0.717) is 19.4 Å². The van der Waals surface area contributed by atoms with E-state index in [1.165, 1.54) is 18.6 Å². The highest BCUT2D eigenvalue weighted by atomic mass is 32.1. The van der Waals surface area contributed by atoms with Crippen molar-refractivity contribution < 1.29 is 28.8 Å². The van der Waals surface area contributed by atoms with Crippen molar-refractivity contribution in [3.8, 4) is 0 Å². The molecule has 55 heavy (non-hydrogen) atoms. The highest BCUT2D eigenvalue weighted by Crippen LogP contribution is 2.43. The number of rotatable bonds is 13. The van der Waals surface area contributed by atoms with Gasteiger partial charge in [-0.1, -0.05) is 82.1 Å². The lowest BCUT2D eigenvalue weighted by molar-refractivity contribution is -0.146. The third kappa shape index (κ3) is 13.6. The van der Waals surface area contributed by atoms with Crippen LogP contribution in [0.2, 0.25) is 0 Å². The Kier molecular flexibility index (Phi) is 23.7. The number of likely N-dealkylation sites (tertiary alicyclic amines) is 1. The van der Waals surface area contributed by atoms with Crippen LogP contribution in [0, 0.1) is 23.2 Å². The van der Waals surface area contributed by atoms with E-state index in [-0.39, 0.29) is 98.2 Å². The van der Waals surface area contributed by atoms with E-state index in [4.69, 9.17) is 0 Å². The quantitative estimate of drug-likeness (QED) is 0.207. The number of carbonyl (C=O) groups is 6. The number of amides is 5. The lowest BCUT2D eigenvalue weighted by Gasteiger charge is -2.38. The van der Waals surface area contributed by atoms with E-state index in [1.807, 2.05) is 27.7 Å². The molecule has 5 rings (SSSR count). The number of Topliss-reactive ketones (excluding diaryl/α,β-unsaturated/α-hetero) is 1. The number of fused-ring (bicyclic) bond motifs is 1. The van der Waals surface area contributed by atoms with E-state index in [2.05, 4.69) is 31.2 Å². The van der Waals surface area contributed by atoms with Crippen LogP contribution in [-0.2, 0) is 24.0 Å². The number of nitrogens with one attached hydrogen (secondary N) is 4. The molecule has 4 N–H and O–H groups in total. The molecule has 1 aromatic heterocycles. The average molecular weight is 830 g/mol. The van der Waals surface area contributed by atoms with Crippen molar-refractivity contribution in [3.05, 3.63) is 24.3 Å². The maximum absolute atomic E-state index is 14.6. The van der Waals surface area contributed by atoms with E-state index < -0.39 is 59.0 Å². The van der Waals surface area contributed by atoms with Gasteiger partial charge in [0.2, 0.25) is 23.5 Å². The van der Waals surface area contributed by atoms with Gasteiger partial charge in [0, 0.05) is 25.0 Å². The van der Waals surface area contributed by atoms with Gasteiger partial charge in [0.1, 0.15) is 23.8 Å². The van der Waals surface area contributed by atoms with Gasteiger partial charge >= 0.3 is 0 Å². The van der Waals surface area contributed by atoms with Gasteiger partial charge in [-0.25, -0.2) is 4.98 Å². The van der Waals surface area contributed by atoms with Crippen molar-refractivity contribution in [2.45, 2.75) is 157 Å². The molecule has 13 nitrogen and oxygen atoms in total. The molecule has 16 heteroatoms. The molecule has 4 fully saturated rings. The van der Waals surface area contributed by atoms with Crippen molar-refractivity contribution >= 4 is 75.8 Å². The normalized spacial score (nSPS) is 21.6. The molecule has 1 aromatic rings. The predicted molar refractivity (Wildman–Crippen MR) is 232 cm³/mol. The van der Waals surface area contributed by atoms with Crippen LogP contribution in [0.5, 0.6) is 0 Å². The Hall–Kier alpha value is -2.85. The Morgan fingerprint density at radius 3 is 2.05 bits per heavy atom. The molecule has 0 unspecified atom stereocenters. The summed E-state index contributed by atoms with van der Waals surface area (Å²) in [7, 11) is 0. The van der Waals surface area contributed by atoms with Gasteiger partial charge in [0.15, 0.2) is 0 Å². The van der Waals surface area contributed by atoms with Gasteiger partial charge < -0.3 is 26.2 Å². The Bertz CT molecular complexity index is 1410. The third-order valence-electron chi connectivity index (χ3n) is 10.7. The maximum Gasteiger partial charge on any atom is 0.289 e. The molecule has 0 spiro atoms. The highest BCUT2D eigenvalue weighted by Gasteiger charge is 2.52. The molecule has 1 saturated heterocycles. The molecule has 0 bridgehead atoms. The summed E-state index contributed by atoms with van der Waals surface area (Å²) in [6.07, 6.45) is 13.9. The SMILES string of the molecule is C.C.C.CCC[C@H](NC(=O)[C@H]1[C@H]2CCC[C@H]2CN1C(=O)[C@@H](NC(=O)[C@H](NC(=O)c1cnccn1)C1CCCCC1)C(C)(C)C)C(=O)C(=O)NC1CC1.S.S.S. The van der Waals surface area contributed by atoms with E-state index in [1.54, 1.807) is 4.90 Å². The number of hydrogen-bond donors (Lipinski definition) is 4. The van der Waals surface area contributed by atoms with Gasteiger partial charge in [-0.05, 0) is 68.1 Å². The smallest absolute Gasteiger partial charge is 0.289 e. The second kappa shape index (κ2) is 24.0. The Morgan fingerprint density at radius 1 is 0.836 bits per heavy atom. The zero-order valence-corrected chi connectivity index (χ0v) is 33.8. The summed E-state index contributed by atoms with van der Waals surface area (Å²) in [6, 6.07) is -3.68. The molecule has 6 atom stereocenters. The maximum atomic E-state index is 14.6. The van der Waals surface area contributed by atoms with E-state index >= 15 is 0 Å².